The fourth-order valence-electron chi connectivity index (χ4n) is 1.37. The number of likely N-dealkylation sites (N-methyl/N-ethyl adjacent to an activating group) is 1. The number of methoxy groups -OCH3 is 1. The maximum absolute atomic E-state index is 11.8. The summed E-state index contributed by atoms with van der Waals surface area (Å²) in [5, 5.41) is 0. The molecule has 0 aliphatic rings. The van der Waals surface area contributed by atoms with Gasteiger partial charge in [0, 0.05) is 12.6 Å². The zero-order valence-corrected chi connectivity index (χ0v) is 10.8. The van der Waals surface area contributed by atoms with Gasteiger partial charge in [-0.15, -0.1) is 0 Å². The molecule has 0 aromatic carbocycles. The molecule has 0 atom stereocenters. The monoisotopic (exact) mass is 251 g/mol. The van der Waals surface area contributed by atoms with Crippen LogP contribution in [-0.4, -0.2) is 37.0 Å². The van der Waals surface area contributed by atoms with Gasteiger partial charge in [0.25, 0.3) is 0 Å². The number of hydrogen-bond donors (Lipinski definition) is 0. The largest absolute Gasteiger partial charge is 0.468 e. The standard InChI is InChI=1S/C13H17NO4/c1-4-14(9-13(16)17-3)12(15)8-7-11-6-5-10(2)18-11/h5-8H,4,9H2,1-3H3/b8-7+. The first-order valence-electron chi connectivity index (χ1n) is 5.67. The number of carbonyl (C=O) groups is 2. The van der Waals surface area contributed by atoms with Gasteiger partial charge < -0.3 is 14.1 Å². The third kappa shape index (κ3) is 4.08. The first-order chi connectivity index (χ1) is 8.56. The number of ether oxygens (including phenoxy) is 1. The van der Waals surface area contributed by atoms with E-state index in [0.717, 1.165) is 5.76 Å². The van der Waals surface area contributed by atoms with Gasteiger partial charge in [0.15, 0.2) is 0 Å². The zero-order valence-electron chi connectivity index (χ0n) is 10.8. The molecule has 0 spiro atoms. The number of carbonyl (C=O) groups excluding carboxylic acids is 2. The van der Waals surface area contributed by atoms with E-state index in [9.17, 15) is 9.59 Å². The van der Waals surface area contributed by atoms with Crippen LogP contribution in [0, 0.1) is 6.92 Å². The van der Waals surface area contributed by atoms with E-state index in [1.807, 2.05) is 13.0 Å². The molecule has 0 unspecified atom stereocenters. The Morgan fingerprint density at radius 1 is 1.44 bits per heavy atom. The normalized spacial score (nSPS) is 10.6. The molecule has 0 N–H and O–H groups in total. The van der Waals surface area contributed by atoms with Crippen LogP contribution in [-0.2, 0) is 14.3 Å². The van der Waals surface area contributed by atoms with Gasteiger partial charge in [-0.05, 0) is 32.1 Å². The summed E-state index contributed by atoms with van der Waals surface area (Å²) >= 11 is 0. The molecule has 0 aliphatic heterocycles. The topological polar surface area (TPSA) is 59.8 Å². The Hall–Kier alpha value is -2.04. The number of nitrogens with zero attached hydrogens (tertiary/aromatic N) is 1. The number of esters is 1. The molecular formula is C13H17NO4. The third-order valence-corrected chi connectivity index (χ3v) is 2.39. The van der Waals surface area contributed by atoms with E-state index in [-0.39, 0.29) is 12.5 Å². The predicted octanol–water partition coefficient (Wildman–Crippen LogP) is 1.62. The van der Waals surface area contributed by atoms with Gasteiger partial charge in [-0.3, -0.25) is 9.59 Å². The molecule has 5 heteroatoms. The second-order valence-electron chi connectivity index (χ2n) is 3.71. The molecule has 0 radical (unpaired) electrons. The summed E-state index contributed by atoms with van der Waals surface area (Å²) < 4.78 is 9.82. The molecule has 0 fully saturated rings. The van der Waals surface area contributed by atoms with Crippen molar-refractivity contribution in [3.63, 3.8) is 0 Å². The van der Waals surface area contributed by atoms with Crippen molar-refractivity contribution >= 4 is 18.0 Å². The molecular weight excluding hydrogens is 234 g/mol. The lowest BCUT2D eigenvalue weighted by molar-refractivity contribution is -0.145. The minimum absolute atomic E-state index is 0.0483. The van der Waals surface area contributed by atoms with Gasteiger partial charge in [-0.2, -0.15) is 0 Å². The second-order valence-corrected chi connectivity index (χ2v) is 3.71. The number of furan rings is 1. The minimum Gasteiger partial charge on any atom is -0.468 e. The number of amides is 1. The smallest absolute Gasteiger partial charge is 0.325 e. The lowest BCUT2D eigenvalue weighted by Gasteiger charge is -2.16. The Morgan fingerprint density at radius 2 is 2.17 bits per heavy atom. The molecule has 1 rings (SSSR count). The van der Waals surface area contributed by atoms with Gasteiger partial charge in [-0.1, -0.05) is 0 Å². The third-order valence-electron chi connectivity index (χ3n) is 2.39. The molecule has 1 aromatic rings. The first-order valence-corrected chi connectivity index (χ1v) is 5.67. The summed E-state index contributed by atoms with van der Waals surface area (Å²) in [5.41, 5.74) is 0. The highest BCUT2D eigenvalue weighted by Crippen LogP contribution is 2.08. The summed E-state index contributed by atoms with van der Waals surface area (Å²) in [6.45, 7) is 4.02. The van der Waals surface area contributed by atoms with E-state index in [4.69, 9.17) is 4.42 Å². The van der Waals surface area contributed by atoms with Crippen LogP contribution < -0.4 is 0 Å². The summed E-state index contributed by atoms with van der Waals surface area (Å²) in [6.07, 6.45) is 2.96. The molecule has 0 saturated heterocycles. The summed E-state index contributed by atoms with van der Waals surface area (Å²) in [6, 6.07) is 3.59. The van der Waals surface area contributed by atoms with Gasteiger partial charge in [0.1, 0.15) is 18.1 Å². The van der Waals surface area contributed by atoms with Crippen LogP contribution in [0.25, 0.3) is 6.08 Å². The van der Waals surface area contributed by atoms with Crippen molar-refractivity contribution in [3.8, 4) is 0 Å². The molecule has 0 aliphatic carbocycles. The number of hydrogen-bond acceptors (Lipinski definition) is 4. The predicted molar refractivity (Wildman–Crippen MR) is 66.7 cm³/mol. The quantitative estimate of drug-likeness (QED) is 0.589. The van der Waals surface area contributed by atoms with Crippen LogP contribution in [0.3, 0.4) is 0 Å². The van der Waals surface area contributed by atoms with Crippen LogP contribution in [0.5, 0.6) is 0 Å². The summed E-state index contributed by atoms with van der Waals surface area (Å²) in [5.74, 6) is 0.698. The van der Waals surface area contributed by atoms with Gasteiger partial charge in [0.05, 0.1) is 7.11 Å². The fourth-order valence-corrected chi connectivity index (χ4v) is 1.37. The maximum Gasteiger partial charge on any atom is 0.325 e. The lowest BCUT2D eigenvalue weighted by atomic mass is 10.3. The minimum atomic E-state index is -0.438. The molecule has 1 amide bonds. The SMILES string of the molecule is CCN(CC(=O)OC)C(=O)/C=C/c1ccc(C)o1. The number of aryl methyl sites for hydroxylation is 1. The van der Waals surface area contributed by atoms with E-state index in [1.165, 1.54) is 18.1 Å². The average Bonchev–Trinajstić information content (AvgIpc) is 2.78. The Morgan fingerprint density at radius 3 is 2.67 bits per heavy atom. The molecule has 5 nitrogen and oxygen atoms in total. The van der Waals surface area contributed by atoms with Crippen LogP contribution in [0.2, 0.25) is 0 Å². The molecule has 98 valence electrons. The van der Waals surface area contributed by atoms with Crippen molar-refractivity contribution in [2.24, 2.45) is 0 Å². The highest BCUT2D eigenvalue weighted by molar-refractivity contribution is 5.93. The zero-order chi connectivity index (χ0) is 13.5. The van der Waals surface area contributed by atoms with Crippen molar-refractivity contribution in [2.45, 2.75) is 13.8 Å². The van der Waals surface area contributed by atoms with Crippen molar-refractivity contribution in [3.05, 3.63) is 29.7 Å². The highest BCUT2D eigenvalue weighted by Gasteiger charge is 2.13. The van der Waals surface area contributed by atoms with Crippen LogP contribution in [0.15, 0.2) is 22.6 Å². The molecule has 0 saturated carbocycles. The maximum atomic E-state index is 11.8. The molecule has 1 aromatic heterocycles. The average molecular weight is 251 g/mol. The summed E-state index contributed by atoms with van der Waals surface area (Å²) in [4.78, 5) is 24.3. The van der Waals surface area contributed by atoms with Crippen molar-refractivity contribution in [1.82, 2.24) is 4.90 Å². The first kappa shape index (κ1) is 14.0. The Bertz CT molecular complexity index is 448. The number of rotatable bonds is 5. The molecule has 1 heterocycles. The van der Waals surface area contributed by atoms with Crippen molar-refractivity contribution in [1.29, 1.82) is 0 Å². The van der Waals surface area contributed by atoms with Crippen LogP contribution >= 0.6 is 0 Å². The molecule has 0 bridgehead atoms. The van der Waals surface area contributed by atoms with E-state index in [1.54, 1.807) is 19.1 Å². The van der Waals surface area contributed by atoms with Gasteiger partial charge in [-0.25, -0.2) is 0 Å². The van der Waals surface area contributed by atoms with Crippen molar-refractivity contribution in [2.75, 3.05) is 20.2 Å². The lowest BCUT2D eigenvalue weighted by Crippen LogP contribution is -2.34. The second kappa shape index (κ2) is 6.64. The van der Waals surface area contributed by atoms with E-state index in [0.29, 0.717) is 12.3 Å². The Balaban J connectivity index is 2.62. The summed E-state index contributed by atoms with van der Waals surface area (Å²) in [7, 11) is 1.29. The van der Waals surface area contributed by atoms with Crippen LogP contribution in [0.1, 0.15) is 18.4 Å². The van der Waals surface area contributed by atoms with E-state index >= 15 is 0 Å². The van der Waals surface area contributed by atoms with E-state index in [2.05, 4.69) is 4.74 Å². The Kier molecular flexibility index (Phi) is 5.17. The highest BCUT2D eigenvalue weighted by atomic mass is 16.5. The van der Waals surface area contributed by atoms with Gasteiger partial charge in [0.2, 0.25) is 5.91 Å². The Labute approximate surface area is 106 Å². The van der Waals surface area contributed by atoms with Gasteiger partial charge >= 0.3 is 5.97 Å². The van der Waals surface area contributed by atoms with Crippen LogP contribution in [0.4, 0.5) is 0 Å². The van der Waals surface area contributed by atoms with E-state index < -0.39 is 5.97 Å². The molecule has 18 heavy (non-hydrogen) atoms. The van der Waals surface area contributed by atoms with Crippen molar-refractivity contribution < 1.29 is 18.7 Å². The fraction of sp³-hybridized carbons (Fsp3) is 0.385.